The molecule has 1 aliphatic heterocycles. The van der Waals surface area contributed by atoms with Gasteiger partial charge in [-0.2, -0.15) is 0 Å². The minimum atomic E-state index is -0.138. The van der Waals surface area contributed by atoms with Crippen molar-refractivity contribution in [2.24, 2.45) is 0 Å². The summed E-state index contributed by atoms with van der Waals surface area (Å²) >= 11 is 0. The molecule has 1 nitrogen and oxygen atoms in total. The Labute approximate surface area is 83.9 Å². The molecule has 0 saturated heterocycles. The number of rotatable bonds is 1. The van der Waals surface area contributed by atoms with Crippen molar-refractivity contribution in [3.05, 3.63) is 29.1 Å². The van der Waals surface area contributed by atoms with Crippen LogP contribution in [0.2, 0.25) is 0 Å². The molecule has 0 aromatic heterocycles. The molecule has 14 heavy (non-hydrogen) atoms. The van der Waals surface area contributed by atoms with Crippen molar-refractivity contribution in [1.82, 2.24) is 0 Å². The molecule has 1 heterocycles. The van der Waals surface area contributed by atoms with Gasteiger partial charge < -0.3 is 4.74 Å². The molecule has 0 amide bonds. The molecule has 76 valence electrons. The highest BCUT2D eigenvalue weighted by Gasteiger charge is 2.15. The van der Waals surface area contributed by atoms with Gasteiger partial charge in [0.25, 0.3) is 0 Å². The molecule has 0 bridgehead atoms. The van der Waals surface area contributed by atoms with Gasteiger partial charge in [-0.3, -0.25) is 0 Å². The molecular weight excluding hydrogens is 179 g/mol. The highest BCUT2D eigenvalue weighted by Crippen LogP contribution is 2.30. The number of hydrogen-bond donors (Lipinski definition) is 0. The highest BCUT2D eigenvalue weighted by molar-refractivity contribution is 5.40. The van der Waals surface area contributed by atoms with Crippen molar-refractivity contribution in [3.63, 3.8) is 0 Å². The quantitative estimate of drug-likeness (QED) is 0.666. The Kier molecular flexibility index (Phi) is 2.44. The molecule has 0 unspecified atom stereocenters. The minimum Gasteiger partial charge on any atom is -0.493 e. The third kappa shape index (κ3) is 1.61. The Morgan fingerprint density at radius 2 is 2.14 bits per heavy atom. The normalized spacial score (nSPS) is 15.1. The molecular formula is C12H15FO. The average Bonchev–Trinajstić information content (AvgIpc) is 2.16. The maximum absolute atomic E-state index is 13.5. The summed E-state index contributed by atoms with van der Waals surface area (Å²) in [6.45, 7) is 4.73. The van der Waals surface area contributed by atoms with E-state index in [1.54, 1.807) is 0 Å². The van der Waals surface area contributed by atoms with E-state index in [0.29, 0.717) is 6.61 Å². The Morgan fingerprint density at radius 1 is 1.36 bits per heavy atom. The van der Waals surface area contributed by atoms with Gasteiger partial charge in [0.15, 0.2) is 0 Å². The van der Waals surface area contributed by atoms with E-state index in [4.69, 9.17) is 4.74 Å². The van der Waals surface area contributed by atoms with Crippen molar-refractivity contribution in [2.45, 2.75) is 32.6 Å². The van der Waals surface area contributed by atoms with Crippen molar-refractivity contribution >= 4 is 0 Å². The van der Waals surface area contributed by atoms with Crippen LogP contribution in [0, 0.1) is 5.82 Å². The lowest BCUT2D eigenvalue weighted by molar-refractivity contribution is 0.286. The van der Waals surface area contributed by atoms with Gasteiger partial charge in [0.1, 0.15) is 11.6 Å². The van der Waals surface area contributed by atoms with Crippen LogP contribution in [0.3, 0.4) is 0 Å². The van der Waals surface area contributed by atoms with E-state index in [-0.39, 0.29) is 11.7 Å². The van der Waals surface area contributed by atoms with Gasteiger partial charge >= 0.3 is 0 Å². The van der Waals surface area contributed by atoms with Crippen molar-refractivity contribution in [1.29, 1.82) is 0 Å². The zero-order valence-corrected chi connectivity index (χ0v) is 8.64. The molecule has 1 aromatic rings. The lowest BCUT2D eigenvalue weighted by Crippen LogP contribution is -2.10. The Hall–Kier alpha value is -1.05. The van der Waals surface area contributed by atoms with Gasteiger partial charge in [0, 0.05) is 6.07 Å². The maximum Gasteiger partial charge on any atom is 0.130 e. The minimum absolute atomic E-state index is 0.138. The first-order valence-corrected chi connectivity index (χ1v) is 5.13. The first kappa shape index (κ1) is 9.50. The zero-order chi connectivity index (χ0) is 10.1. The summed E-state index contributed by atoms with van der Waals surface area (Å²) < 4.78 is 18.9. The summed E-state index contributed by atoms with van der Waals surface area (Å²) in [5.74, 6) is 0.834. The van der Waals surface area contributed by atoms with Gasteiger partial charge in [0.05, 0.1) is 6.61 Å². The van der Waals surface area contributed by atoms with Crippen LogP contribution in [0.4, 0.5) is 4.39 Å². The number of fused-ring (bicyclic) bond motifs is 1. The lowest BCUT2D eigenvalue weighted by Gasteiger charge is -2.19. The van der Waals surface area contributed by atoms with Gasteiger partial charge in [-0.1, -0.05) is 13.8 Å². The summed E-state index contributed by atoms with van der Waals surface area (Å²) in [6, 6.07) is 3.48. The topological polar surface area (TPSA) is 9.23 Å². The Balaban J connectivity index is 2.45. The molecule has 0 N–H and O–H groups in total. The Morgan fingerprint density at radius 3 is 2.86 bits per heavy atom. The van der Waals surface area contributed by atoms with Gasteiger partial charge in [-0.05, 0) is 36.0 Å². The van der Waals surface area contributed by atoms with Gasteiger partial charge in [0.2, 0.25) is 0 Å². The fraction of sp³-hybridized carbons (Fsp3) is 0.500. The van der Waals surface area contributed by atoms with Crippen LogP contribution >= 0.6 is 0 Å². The first-order chi connectivity index (χ1) is 6.68. The van der Waals surface area contributed by atoms with Gasteiger partial charge in [-0.25, -0.2) is 4.39 Å². The molecule has 0 radical (unpaired) electrons. The molecule has 0 fully saturated rings. The van der Waals surface area contributed by atoms with E-state index >= 15 is 0 Å². The second kappa shape index (κ2) is 3.60. The van der Waals surface area contributed by atoms with Crippen LogP contribution in [-0.2, 0) is 6.42 Å². The fourth-order valence-corrected chi connectivity index (χ4v) is 1.84. The van der Waals surface area contributed by atoms with Crippen molar-refractivity contribution in [2.75, 3.05) is 6.61 Å². The number of halogens is 1. The number of ether oxygens (including phenoxy) is 1. The SMILES string of the molecule is CC(C)c1cc2c(cc1F)OCCC2. The second-order valence-corrected chi connectivity index (χ2v) is 4.09. The first-order valence-electron chi connectivity index (χ1n) is 5.13. The van der Waals surface area contributed by atoms with Crippen molar-refractivity contribution < 1.29 is 9.13 Å². The van der Waals surface area contributed by atoms with Crippen LogP contribution in [0.25, 0.3) is 0 Å². The fourth-order valence-electron chi connectivity index (χ4n) is 1.84. The lowest BCUT2D eigenvalue weighted by atomic mass is 9.96. The standard InChI is InChI=1S/C12H15FO/c1-8(2)10-6-9-4-3-5-14-12(9)7-11(10)13/h6-8H,3-5H2,1-2H3. The van der Waals surface area contributed by atoms with Crippen molar-refractivity contribution in [3.8, 4) is 5.75 Å². The third-order valence-electron chi connectivity index (χ3n) is 2.65. The second-order valence-electron chi connectivity index (χ2n) is 4.09. The zero-order valence-electron chi connectivity index (χ0n) is 8.64. The van der Waals surface area contributed by atoms with Crippen LogP contribution in [0.15, 0.2) is 12.1 Å². The summed E-state index contributed by atoms with van der Waals surface area (Å²) in [4.78, 5) is 0. The van der Waals surface area contributed by atoms with Crippen LogP contribution in [0.5, 0.6) is 5.75 Å². The highest BCUT2D eigenvalue weighted by atomic mass is 19.1. The summed E-state index contributed by atoms with van der Waals surface area (Å²) in [5, 5.41) is 0. The molecule has 0 atom stereocenters. The average molecular weight is 194 g/mol. The van der Waals surface area contributed by atoms with E-state index in [1.807, 2.05) is 19.9 Å². The summed E-state index contributed by atoms with van der Waals surface area (Å²) in [7, 11) is 0. The third-order valence-corrected chi connectivity index (χ3v) is 2.65. The molecule has 0 aliphatic carbocycles. The molecule has 0 saturated carbocycles. The smallest absolute Gasteiger partial charge is 0.130 e. The van der Waals surface area contributed by atoms with Gasteiger partial charge in [-0.15, -0.1) is 0 Å². The predicted octanol–water partition coefficient (Wildman–Crippen LogP) is 3.27. The van der Waals surface area contributed by atoms with E-state index in [9.17, 15) is 4.39 Å². The number of benzene rings is 1. The van der Waals surface area contributed by atoms with Crippen LogP contribution in [-0.4, -0.2) is 6.61 Å². The summed E-state index contributed by atoms with van der Waals surface area (Å²) in [5.41, 5.74) is 1.95. The number of aryl methyl sites for hydroxylation is 1. The summed E-state index contributed by atoms with van der Waals surface area (Å²) in [6.07, 6.45) is 2.05. The van der Waals surface area contributed by atoms with Crippen LogP contribution < -0.4 is 4.74 Å². The molecule has 1 aromatic carbocycles. The molecule has 1 aliphatic rings. The van der Waals surface area contributed by atoms with E-state index in [2.05, 4.69) is 0 Å². The van der Waals surface area contributed by atoms with Crippen LogP contribution in [0.1, 0.15) is 37.3 Å². The van der Waals surface area contributed by atoms with E-state index in [0.717, 1.165) is 29.7 Å². The number of hydrogen-bond acceptors (Lipinski definition) is 1. The molecule has 2 rings (SSSR count). The molecule has 0 spiro atoms. The van der Waals surface area contributed by atoms with E-state index in [1.165, 1.54) is 6.07 Å². The monoisotopic (exact) mass is 194 g/mol. The van der Waals surface area contributed by atoms with E-state index < -0.39 is 0 Å². The predicted molar refractivity (Wildman–Crippen MR) is 54.3 cm³/mol. The molecule has 2 heteroatoms. The largest absolute Gasteiger partial charge is 0.493 e. The Bertz CT molecular complexity index is 344. The maximum atomic E-state index is 13.5.